The van der Waals surface area contributed by atoms with Crippen LogP contribution < -0.4 is 11.1 Å². The fraction of sp³-hybridized carbons (Fsp3) is 0.867. The molecule has 1 aliphatic carbocycles. The molecule has 0 aromatic carbocycles. The summed E-state index contributed by atoms with van der Waals surface area (Å²) >= 11 is 0. The first kappa shape index (κ1) is 15.3. The lowest BCUT2D eigenvalue weighted by atomic mass is 10.00. The third-order valence-corrected chi connectivity index (χ3v) is 4.53. The van der Waals surface area contributed by atoms with Crippen LogP contribution in [0, 0.1) is 0 Å². The number of rotatable bonds is 6. The highest BCUT2D eigenvalue weighted by Gasteiger charge is 2.28. The summed E-state index contributed by atoms with van der Waals surface area (Å²) in [6.45, 7) is 1.15. The van der Waals surface area contributed by atoms with Gasteiger partial charge >= 0.3 is 0 Å². The number of primary amides is 1. The van der Waals surface area contributed by atoms with Crippen molar-refractivity contribution in [2.45, 2.75) is 69.9 Å². The summed E-state index contributed by atoms with van der Waals surface area (Å²) in [6, 6.07) is 0.695. The summed E-state index contributed by atoms with van der Waals surface area (Å²) in [5.74, 6) is -0.302. The molecule has 5 heteroatoms. The first-order valence-corrected chi connectivity index (χ1v) is 7.98. The van der Waals surface area contributed by atoms with Gasteiger partial charge < -0.3 is 16.0 Å². The van der Waals surface area contributed by atoms with E-state index in [0.29, 0.717) is 12.5 Å². The fourth-order valence-electron chi connectivity index (χ4n) is 3.42. The molecule has 1 aliphatic heterocycles. The Balaban J connectivity index is 1.83. The molecule has 2 amide bonds. The van der Waals surface area contributed by atoms with Gasteiger partial charge in [0.25, 0.3) is 0 Å². The van der Waals surface area contributed by atoms with E-state index in [4.69, 9.17) is 5.73 Å². The Morgan fingerprint density at radius 3 is 2.40 bits per heavy atom. The van der Waals surface area contributed by atoms with E-state index in [1.54, 1.807) is 4.90 Å². The maximum absolute atomic E-state index is 12.4. The third kappa shape index (κ3) is 4.47. The highest BCUT2D eigenvalue weighted by molar-refractivity contribution is 5.84. The molecule has 1 atom stereocenters. The second kappa shape index (κ2) is 7.62. The molecular weight excluding hydrogens is 254 g/mol. The van der Waals surface area contributed by atoms with E-state index < -0.39 is 5.91 Å². The molecule has 5 nitrogen and oxygen atoms in total. The van der Waals surface area contributed by atoms with E-state index in [9.17, 15) is 9.59 Å². The van der Waals surface area contributed by atoms with E-state index in [-0.39, 0.29) is 18.5 Å². The molecule has 1 unspecified atom stereocenters. The Morgan fingerprint density at radius 1 is 1.10 bits per heavy atom. The van der Waals surface area contributed by atoms with Crippen LogP contribution in [0.1, 0.15) is 57.8 Å². The zero-order valence-electron chi connectivity index (χ0n) is 12.3. The maximum atomic E-state index is 12.4. The molecule has 2 aliphatic rings. The van der Waals surface area contributed by atoms with Crippen LogP contribution in [-0.2, 0) is 9.59 Å². The fourth-order valence-corrected chi connectivity index (χ4v) is 3.42. The topological polar surface area (TPSA) is 75.4 Å². The van der Waals surface area contributed by atoms with E-state index in [0.717, 1.165) is 45.1 Å². The molecule has 0 bridgehead atoms. The van der Waals surface area contributed by atoms with Crippen LogP contribution in [0.5, 0.6) is 0 Å². The standard InChI is InChI=1S/C15H27N3O2/c16-14(19)11-18(13-6-1-2-7-13)15(20)9-8-12-5-3-4-10-17-12/h12-13,17H,1-11H2,(H2,16,19). The third-order valence-electron chi connectivity index (χ3n) is 4.53. The van der Waals surface area contributed by atoms with Gasteiger partial charge in [-0.2, -0.15) is 0 Å². The zero-order valence-corrected chi connectivity index (χ0v) is 12.3. The lowest BCUT2D eigenvalue weighted by Gasteiger charge is -2.29. The van der Waals surface area contributed by atoms with Crippen LogP contribution in [-0.4, -0.2) is 41.9 Å². The van der Waals surface area contributed by atoms with Crippen LogP contribution >= 0.6 is 0 Å². The van der Waals surface area contributed by atoms with Crippen molar-refractivity contribution in [3.8, 4) is 0 Å². The average molecular weight is 281 g/mol. The Bertz CT molecular complexity index is 334. The summed E-state index contributed by atoms with van der Waals surface area (Å²) in [5.41, 5.74) is 5.29. The first-order valence-electron chi connectivity index (χ1n) is 7.98. The number of nitrogens with two attached hydrogens (primary N) is 1. The summed E-state index contributed by atoms with van der Waals surface area (Å²) in [6.07, 6.45) is 9.38. The quantitative estimate of drug-likeness (QED) is 0.767. The molecular formula is C15H27N3O2. The van der Waals surface area contributed by atoms with Gasteiger partial charge in [0.2, 0.25) is 11.8 Å². The molecule has 0 aromatic heterocycles. The van der Waals surface area contributed by atoms with Gasteiger partial charge in [-0.1, -0.05) is 19.3 Å². The molecule has 1 saturated carbocycles. The van der Waals surface area contributed by atoms with Crippen LogP contribution in [0.2, 0.25) is 0 Å². The summed E-state index contributed by atoms with van der Waals surface area (Å²) in [7, 11) is 0. The van der Waals surface area contributed by atoms with Crippen molar-refractivity contribution in [1.82, 2.24) is 10.2 Å². The molecule has 20 heavy (non-hydrogen) atoms. The first-order chi connectivity index (χ1) is 9.66. The molecule has 114 valence electrons. The SMILES string of the molecule is NC(=O)CN(C(=O)CCC1CCCCN1)C1CCCC1. The summed E-state index contributed by atoms with van der Waals surface area (Å²) in [4.78, 5) is 25.3. The van der Waals surface area contributed by atoms with Crippen molar-refractivity contribution in [3.63, 3.8) is 0 Å². The van der Waals surface area contributed by atoms with Crippen molar-refractivity contribution >= 4 is 11.8 Å². The Hall–Kier alpha value is -1.10. The van der Waals surface area contributed by atoms with Crippen LogP contribution in [0.4, 0.5) is 0 Å². The Labute approximate surface area is 121 Å². The van der Waals surface area contributed by atoms with Gasteiger partial charge in [0, 0.05) is 18.5 Å². The normalized spacial score (nSPS) is 23.7. The smallest absolute Gasteiger partial charge is 0.237 e. The van der Waals surface area contributed by atoms with Crippen molar-refractivity contribution in [2.24, 2.45) is 5.73 Å². The van der Waals surface area contributed by atoms with E-state index in [2.05, 4.69) is 5.32 Å². The van der Waals surface area contributed by atoms with Crippen molar-refractivity contribution < 1.29 is 9.59 Å². The average Bonchev–Trinajstić information content (AvgIpc) is 2.97. The number of carbonyl (C=O) groups is 2. The molecule has 2 fully saturated rings. The predicted octanol–water partition coefficient (Wildman–Crippen LogP) is 1.17. The molecule has 0 radical (unpaired) electrons. The van der Waals surface area contributed by atoms with Gasteiger partial charge in [0.05, 0.1) is 6.54 Å². The van der Waals surface area contributed by atoms with Crippen LogP contribution in [0.15, 0.2) is 0 Å². The molecule has 0 aromatic rings. The molecule has 0 spiro atoms. The lowest BCUT2D eigenvalue weighted by molar-refractivity contribution is -0.137. The highest BCUT2D eigenvalue weighted by atomic mass is 16.2. The molecule has 3 N–H and O–H groups in total. The molecule has 1 heterocycles. The van der Waals surface area contributed by atoms with E-state index >= 15 is 0 Å². The van der Waals surface area contributed by atoms with Gasteiger partial charge in [0.15, 0.2) is 0 Å². The van der Waals surface area contributed by atoms with Crippen LogP contribution in [0.25, 0.3) is 0 Å². The second-order valence-corrected chi connectivity index (χ2v) is 6.11. The summed E-state index contributed by atoms with van der Waals surface area (Å²) < 4.78 is 0. The minimum Gasteiger partial charge on any atom is -0.368 e. The van der Waals surface area contributed by atoms with Crippen molar-refractivity contribution in [2.75, 3.05) is 13.1 Å². The van der Waals surface area contributed by atoms with Crippen molar-refractivity contribution in [3.05, 3.63) is 0 Å². The number of hydrogen-bond donors (Lipinski definition) is 2. The second-order valence-electron chi connectivity index (χ2n) is 6.11. The largest absolute Gasteiger partial charge is 0.368 e. The van der Waals surface area contributed by atoms with Gasteiger partial charge in [-0.3, -0.25) is 9.59 Å². The van der Waals surface area contributed by atoms with E-state index in [1.807, 2.05) is 0 Å². The van der Waals surface area contributed by atoms with Gasteiger partial charge in [0.1, 0.15) is 0 Å². The Kier molecular flexibility index (Phi) is 5.83. The maximum Gasteiger partial charge on any atom is 0.237 e. The number of nitrogens with one attached hydrogen (secondary N) is 1. The molecule has 1 saturated heterocycles. The zero-order chi connectivity index (χ0) is 14.4. The minimum atomic E-state index is -0.402. The van der Waals surface area contributed by atoms with Crippen molar-refractivity contribution in [1.29, 1.82) is 0 Å². The van der Waals surface area contributed by atoms with Gasteiger partial charge in [-0.25, -0.2) is 0 Å². The lowest BCUT2D eigenvalue weighted by Crippen LogP contribution is -2.44. The predicted molar refractivity (Wildman–Crippen MR) is 78.0 cm³/mol. The monoisotopic (exact) mass is 281 g/mol. The minimum absolute atomic E-state index is 0.0849. The number of hydrogen-bond acceptors (Lipinski definition) is 3. The van der Waals surface area contributed by atoms with Gasteiger partial charge in [-0.05, 0) is 38.6 Å². The molecule has 2 rings (SSSR count). The highest BCUT2D eigenvalue weighted by Crippen LogP contribution is 2.24. The number of nitrogens with zero attached hydrogens (tertiary/aromatic N) is 1. The number of carbonyl (C=O) groups excluding carboxylic acids is 2. The van der Waals surface area contributed by atoms with Gasteiger partial charge in [-0.15, -0.1) is 0 Å². The van der Waals surface area contributed by atoms with E-state index in [1.165, 1.54) is 12.8 Å². The van der Waals surface area contributed by atoms with Crippen LogP contribution in [0.3, 0.4) is 0 Å². The number of amides is 2. The number of piperidine rings is 1. The Morgan fingerprint density at radius 2 is 1.80 bits per heavy atom. The summed E-state index contributed by atoms with van der Waals surface area (Å²) in [5, 5.41) is 3.46.